The first-order chi connectivity index (χ1) is 11.1. The first-order valence-electron chi connectivity index (χ1n) is 8.92. The third-order valence-corrected chi connectivity index (χ3v) is 5.24. The van der Waals surface area contributed by atoms with Crippen molar-refractivity contribution in [1.82, 2.24) is 5.32 Å². The highest BCUT2D eigenvalue weighted by Crippen LogP contribution is 2.32. The number of hydrogen-bond donors (Lipinski definition) is 2. The number of alkyl carbamates (subject to hydrolysis) is 1. The van der Waals surface area contributed by atoms with Crippen molar-refractivity contribution < 1.29 is 19.4 Å². The van der Waals surface area contributed by atoms with Crippen molar-refractivity contribution in [2.45, 2.75) is 76.4 Å². The van der Waals surface area contributed by atoms with Crippen molar-refractivity contribution in [2.24, 2.45) is 11.8 Å². The summed E-state index contributed by atoms with van der Waals surface area (Å²) in [5, 5.41) is 12.0. The van der Waals surface area contributed by atoms with E-state index in [2.05, 4.69) is 11.9 Å². The van der Waals surface area contributed by atoms with E-state index in [-0.39, 0.29) is 12.0 Å². The van der Waals surface area contributed by atoms with Crippen molar-refractivity contribution in [3.8, 4) is 0 Å². The normalized spacial score (nSPS) is 25.9. The van der Waals surface area contributed by atoms with E-state index in [0.717, 1.165) is 64.2 Å². The minimum atomic E-state index is -0.956. The Hall–Kier alpha value is -1.52. The molecule has 0 saturated heterocycles. The molecule has 0 aromatic carbocycles. The van der Waals surface area contributed by atoms with E-state index < -0.39 is 18.1 Å². The van der Waals surface area contributed by atoms with E-state index in [1.165, 1.54) is 0 Å². The highest BCUT2D eigenvalue weighted by molar-refractivity contribution is 5.80. The van der Waals surface area contributed by atoms with Gasteiger partial charge in [0.25, 0.3) is 0 Å². The summed E-state index contributed by atoms with van der Waals surface area (Å²) in [5.41, 5.74) is 0. The van der Waals surface area contributed by atoms with Crippen LogP contribution in [0.3, 0.4) is 0 Å². The Morgan fingerprint density at radius 3 is 2.61 bits per heavy atom. The van der Waals surface area contributed by atoms with Crippen LogP contribution in [0.4, 0.5) is 4.79 Å². The van der Waals surface area contributed by atoms with Crippen LogP contribution in [0.25, 0.3) is 0 Å². The molecule has 0 bridgehead atoms. The molecule has 0 aliphatic heterocycles. The fraction of sp³-hybridized carbons (Fsp3) is 0.778. The second kappa shape index (κ2) is 8.94. The number of amides is 1. The fourth-order valence-electron chi connectivity index (χ4n) is 3.98. The summed E-state index contributed by atoms with van der Waals surface area (Å²) < 4.78 is 5.56. The fourth-order valence-corrected chi connectivity index (χ4v) is 3.98. The molecule has 1 amide bonds. The van der Waals surface area contributed by atoms with Crippen LogP contribution in [0.5, 0.6) is 0 Å². The number of carboxylic acid groups (broad SMARTS) is 1. The molecule has 0 aromatic rings. The lowest BCUT2D eigenvalue weighted by Crippen LogP contribution is -2.46. The van der Waals surface area contributed by atoms with Crippen LogP contribution in [-0.2, 0) is 9.53 Å². The van der Waals surface area contributed by atoms with Gasteiger partial charge in [-0.2, -0.15) is 0 Å². The molecule has 1 unspecified atom stereocenters. The molecule has 3 atom stereocenters. The number of ether oxygens (including phenoxy) is 1. The van der Waals surface area contributed by atoms with Gasteiger partial charge in [0.2, 0.25) is 0 Å². The van der Waals surface area contributed by atoms with Crippen LogP contribution < -0.4 is 5.32 Å². The monoisotopic (exact) mass is 323 g/mol. The Morgan fingerprint density at radius 1 is 1.22 bits per heavy atom. The molecule has 2 fully saturated rings. The van der Waals surface area contributed by atoms with Crippen molar-refractivity contribution in [1.29, 1.82) is 0 Å². The van der Waals surface area contributed by atoms with Gasteiger partial charge in [-0.1, -0.05) is 18.9 Å². The van der Waals surface area contributed by atoms with Gasteiger partial charge in [-0.25, -0.2) is 9.59 Å². The molecular weight excluding hydrogens is 294 g/mol. The minimum Gasteiger partial charge on any atom is -0.480 e. The molecule has 2 N–H and O–H groups in total. The number of allylic oxidation sites excluding steroid dienone is 1. The summed E-state index contributed by atoms with van der Waals surface area (Å²) in [4.78, 5) is 23.6. The van der Waals surface area contributed by atoms with Gasteiger partial charge in [0.1, 0.15) is 12.1 Å². The van der Waals surface area contributed by atoms with Gasteiger partial charge >= 0.3 is 12.1 Å². The molecule has 0 heterocycles. The zero-order chi connectivity index (χ0) is 16.7. The molecule has 23 heavy (non-hydrogen) atoms. The number of unbranched alkanes of at least 4 members (excludes halogenated alkanes) is 1. The summed E-state index contributed by atoms with van der Waals surface area (Å²) in [5.74, 6) is -0.523. The van der Waals surface area contributed by atoms with Crippen molar-refractivity contribution in [3.05, 3.63) is 12.7 Å². The van der Waals surface area contributed by atoms with E-state index >= 15 is 0 Å². The third kappa shape index (κ3) is 5.26. The maximum absolute atomic E-state index is 12.1. The molecule has 2 saturated carbocycles. The summed E-state index contributed by atoms with van der Waals surface area (Å²) in [6.07, 6.45) is 11.2. The SMILES string of the molecule is C=CCCC[C@@H]1CCCC1OC(=O)N[C@H](C(=O)O)C1CCCC1. The molecule has 2 aliphatic carbocycles. The predicted molar refractivity (Wildman–Crippen MR) is 88.2 cm³/mol. The molecule has 0 radical (unpaired) electrons. The smallest absolute Gasteiger partial charge is 0.408 e. The Kier molecular flexibility index (Phi) is 6.93. The Bertz CT molecular complexity index is 417. The van der Waals surface area contributed by atoms with Gasteiger partial charge in [0, 0.05) is 0 Å². The number of nitrogens with one attached hydrogen (secondary N) is 1. The molecular formula is C18H29NO4. The maximum atomic E-state index is 12.1. The third-order valence-electron chi connectivity index (χ3n) is 5.24. The lowest BCUT2D eigenvalue weighted by atomic mass is 9.98. The number of rotatable bonds is 8. The second-order valence-corrected chi connectivity index (χ2v) is 6.86. The topological polar surface area (TPSA) is 75.6 Å². The lowest BCUT2D eigenvalue weighted by Gasteiger charge is -2.24. The summed E-state index contributed by atoms with van der Waals surface area (Å²) >= 11 is 0. The second-order valence-electron chi connectivity index (χ2n) is 6.86. The Balaban J connectivity index is 1.82. The lowest BCUT2D eigenvalue weighted by molar-refractivity contribution is -0.140. The molecule has 0 spiro atoms. The summed E-state index contributed by atoms with van der Waals surface area (Å²) in [7, 11) is 0. The van der Waals surface area contributed by atoms with Gasteiger partial charge in [-0.05, 0) is 63.2 Å². The van der Waals surface area contributed by atoms with Crippen LogP contribution in [0, 0.1) is 11.8 Å². The zero-order valence-electron chi connectivity index (χ0n) is 13.8. The minimum absolute atomic E-state index is 0.0343. The number of aliphatic carboxylic acids is 1. The van der Waals surface area contributed by atoms with Gasteiger partial charge < -0.3 is 15.2 Å². The van der Waals surface area contributed by atoms with Gasteiger partial charge in [-0.15, -0.1) is 6.58 Å². The van der Waals surface area contributed by atoms with Crippen LogP contribution in [0.1, 0.15) is 64.2 Å². The van der Waals surface area contributed by atoms with Gasteiger partial charge in [0.15, 0.2) is 0 Å². The van der Waals surface area contributed by atoms with Crippen LogP contribution in [0.15, 0.2) is 12.7 Å². The molecule has 5 heteroatoms. The van der Waals surface area contributed by atoms with Gasteiger partial charge in [0.05, 0.1) is 0 Å². The highest BCUT2D eigenvalue weighted by Gasteiger charge is 2.34. The number of hydrogen-bond acceptors (Lipinski definition) is 3. The standard InChI is InChI=1S/C18H29NO4/c1-2-3-4-8-13-11-7-12-15(13)23-18(22)19-16(17(20)21)14-9-5-6-10-14/h2,13-16H,1,3-12H2,(H,19,22)(H,20,21)/t13-,15?,16+/m1/s1. The first-order valence-corrected chi connectivity index (χ1v) is 8.92. The van der Waals surface area contributed by atoms with E-state index in [4.69, 9.17) is 4.74 Å². The van der Waals surface area contributed by atoms with E-state index in [1.807, 2.05) is 6.08 Å². The average molecular weight is 323 g/mol. The highest BCUT2D eigenvalue weighted by atomic mass is 16.6. The first kappa shape index (κ1) is 17.8. The van der Waals surface area contributed by atoms with Gasteiger partial charge in [-0.3, -0.25) is 0 Å². The Labute approximate surface area is 138 Å². The Morgan fingerprint density at radius 2 is 1.96 bits per heavy atom. The van der Waals surface area contributed by atoms with E-state index in [9.17, 15) is 14.7 Å². The quantitative estimate of drug-likeness (QED) is 0.525. The van der Waals surface area contributed by atoms with Crippen molar-refractivity contribution in [3.63, 3.8) is 0 Å². The van der Waals surface area contributed by atoms with Crippen LogP contribution >= 0.6 is 0 Å². The molecule has 2 aliphatic rings. The molecule has 2 rings (SSSR count). The zero-order valence-corrected chi connectivity index (χ0v) is 13.8. The molecule has 130 valence electrons. The number of carbonyl (C=O) groups excluding carboxylic acids is 1. The average Bonchev–Trinajstić information content (AvgIpc) is 3.17. The largest absolute Gasteiger partial charge is 0.480 e. The van der Waals surface area contributed by atoms with Crippen molar-refractivity contribution >= 4 is 12.1 Å². The van der Waals surface area contributed by atoms with Crippen LogP contribution in [-0.4, -0.2) is 29.3 Å². The summed E-state index contributed by atoms with van der Waals surface area (Å²) in [6, 6.07) is -0.814. The number of carboxylic acids is 1. The van der Waals surface area contributed by atoms with Crippen molar-refractivity contribution in [2.75, 3.05) is 0 Å². The number of carbonyl (C=O) groups is 2. The predicted octanol–water partition coefficient (Wildman–Crippen LogP) is 3.88. The summed E-state index contributed by atoms with van der Waals surface area (Å²) in [6.45, 7) is 3.73. The molecule has 0 aromatic heterocycles. The molecule has 5 nitrogen and oxygen atoms in total. The van der Waals surface area contributed by atoms with Crippen LogP contribution in [0.2, 0.25) is 0 Å². The maximum Gasteiger partial charge on any atom is 0.408 e. The van der Waals surface area contributed by atoms with E-state index in [1.54, 1.807) is 0 Å². The van der Waals surface area contributed by atoms with E-state index in [0.29, 0.717) is 5.92 Å².